The fourth-order valence-corrected chi connectivity index (χ4v) is 6.79. The lowest BCUT2D eigenvalue weighted by atomic mass is 9.82. The smallest absolute Gasteiger partial charge is 0.317 e. The third kappa shape index (κ3) is 5.50. The van der Waals surface area contributed by atoms with Crippen LogP contribution >= 0.6 is 23.2 Å². The van der Waals surface area contributed by atoms with Gasteiger partial charge in [0, 0.05) is 47.5 Å². The van der Waals surface area contributed by atoms with Crippen molar-refractivity contribution < 1.29 is 9.00 Å². The molecule has 4 rings (SSSR count). The second-order valence-corrected chi connectivity index (χ2v) is 11.6. The Hall–Kier alpha value is -0.820. The minimum atomic E-state index is -0.816. The lowest BCUT2D eigenvalue weighted by Crippen LogP contribution is -2.51. The van der Waals surface area contributed by atoms with E-state index >= 15 is 0 Å². The van der Waals surface area contributed by atoms with Crippen LogP contribution in [0, 0.1) is 0 Å². The van der Waals surface area contributed by atoms with Gasteiger partial charge in [0.2, 0.25) is 0 Å². The summed E-state index contributed by atoms with van der Waals surface area (Å²) >= 11 is 12.3. The summed E-state index contributed by atoms with van der Waals surface area (Å²) in [6.07, 6.45) is 7.96. The van der Waals surface area contributed by atoms with E-state index in [1.165, 1.54) is 5.56 Å². The van der Waals surface area contributed by atoms with Crippen LogP contribution in [-0.4, -0.2) is 56.9 Å². The number of carbonyl (C=O) groups excluding carboxylic acids is 1. The van der Waals surface area contributed by atoms with Gasteiger partial charge in [0.25, 0.3) is 0 Å². The maximum atomic E-state index is 12.8. The van der Waals surface area contributed by atoms with Crippen molar-refractivity contribution >= 4 is 40.2 Å². The molecule has 0 radical (unpaired) electrons. The molecule has 0 aromatic heterocycles. The molecule has 1 aromatic carbocycles. The maximum Gasteiger partial charge on any atom is 0.317 e. The molecule has 0 spiro atoms. The summed E-state index contributed by atoms with van der Waals surface area (Å²) in [4.78, 5) is 14.7. The largest absolute Gasteiger partial charge is 0.335 e. The lowest BCUT2D eigenvalue weighted by molar-refractivity contribution is 0.158. The van der Waals surface area contributed by atoms with Crippen LogP contribution in [0.3, 0.4) is 0 Å². The second-order valence-electron chi connectivity index (χ2n) is 8.95. The number of piperidine rings is 1. The number of hydrogen-bond acceptors (Lipinski definition) is 2. The molecular weight excluding hydrogens is 441 g/mol. The van der Waals surface area contributed by atoms with Crippen molar-refractivity contribution in [2.24, 2.45) is 0 Å². The number of halogens is 2. The van der Waals surface area contributed by atoms with E-state index in [0.29, 0.717) is 21.2 Å². The summed E-state index contributed by atoms with van der Waals surface area (Å²) in [6, 6.07) is 6.24. The molecule has 3 aliphatic rings. The van der Waals surface area contributed by atoms with Gasteiger partial charge >= 0.3 is 6.03 Å². The summed E-state index contributed by atoms with van der Waals surface area (Å²) in [5, 5.41) is 4.99. The Morgan fingerprint density at radius 1 is 1.00 bits per heavy atom. The second kappa shape index (κ2) is 9.76. The van der Waals surface area contributed by atoms with Gasteiger partial charge in [-0.2, -0.15) is 0 Å². The molecule has 1 unspecified atom stereocenters. The van der Waals surface area contributed by atoms with E-state index in [-0.39, 0.29) is 18.1 Å². The van der Waals surface area contributed by atoms with Crippen LogP contribution in [-0.2, 0) is 11.0 Å². The zero-order chi connectivity index (χ0) is 21.3. The molecule has 2 saturated carbocycles. The molecule has 166 valence electrons. The Kier molecular flexibility index (Phi) is 7.28. The standard InChI is InChI=1S/C22H31Cl2N3O2S/c1-26(20-8-10-27(11-9-20)30(29)21-6-7-21)22(28)25-19-4-2-15(3-5-19)16-12-17(23)14-18(24)13-16/h12-15,19-21H,2-11H2,1H3,(H,25,28). The van der Waals surface area contributed by atoms with Gasteiger partial charge in [-0.25, -0.2) is 13.3 Å². The molecule has 1 heterocycles. The van der Waals surface area contributed by atoms with Gasteiger partial charge < -0.3 is 10.2 Å². The van der Waals surface area contributed by atoms with Gasteiger partial charge in [-0.3, -0.25) is 0 Å². The quantitative estimate of drug-likeness (QED) is 0.659. The van der Waals surface area contributed by atoms with Crippen molar-refractivity contribution in [1.29, 1.82) is 0 Å². The van der Waals surface area contributed by atoms with Crippen molar-refractivity contribution in [3.63, 3.8) is 0 Å². The Morgan fingerprint density at radius 2 is 1.60 bits per heavy atom. The molecule has 1 N–H and O–H groups in total. The third-order valence-electron chi connectivity index (χ3n) is 6.77. The molecule has 1 saturated heterocycles. The van der Waals surface area contributed by atoms with E-state index in [9.17, 15) is 9.00 Å². The maximum absolute atomic E-state index is 12.8. The van der Waals surface area contributed by atoms with Gasteiger partial charge in [-0.05, 0) is 81.0 Å². The number of amides is 2. The summed E-state index contributed by atoms with van der Waals surface area (Å²) < 4.78 is 14.4. The molecule has 30 heavy (non-hydrogen) atoms. The van der Waals surface area contributed by atoms with E-state index in [0.717, 1.165) is 64.5 Å². The van der Waals surface area contributed by atoms with Crippen molar-refractivity contribution in [3.8, 4) is 0 Å². The number of rotatable bonds is 5. The summed E-state index contributed by atoms with van der Waals surface area (Å²) in [7, 11) is 1.08. The first-order valence-corrected chi connectivity index (χ1v) is 13.0. The number of benzene rings is 1. The zero-order valence-electron chi connectivity index (χ0n) is 17.5. The van der Waals surface area contributed by atoms with E-state index in [2.05, 4.69) is 9.62 Å². The molecule has 1 aromatic rings. The number of nitrogens with one attached hydrogen (secondary N) is 1. The number of carbonyl (C=O) groups is 1. The van der Waals surface area contributed by atoms with E-state index in [1.54, 1.807) is 6.07 Å². The molecule has 1 atom stereocenters. The highest BCUT2D eigenvalue weighted by Gasteiger charge is 2.35. The van der Waals surface area contributed by atoms with Crippen molar-refractivity contribution in [3.05, 3.63) is 33.8 Å². The monoisotopic (exact) mass is 471 g/mol. The first-order chi connectivity index (χ1) is 14.4. The number of nitrogens with zero attached hydrogens (tertiary/aromatic N) is 2. The fraction of sp³-hybridized carbons (Fsp3) is 0.682. The van der Waals surface area contributed by atoms with E-state index < -0.39 is 11.0 Å². The Balaban J connectivity index is 1.22. The molecule has 3 fully saturated rings. The molecule has 5 nitrogen and oxygen atoms in total. The van der Waals surface area contributed by atoms with Crippen LogP contribution in [0.2, 0.25) is 10.0 Å². The van der Waals surface area contributed by atoms with Gasteiger partial charge in [0.1, 0.15) is 0 Å². The predicted molar refractivity (Wildman–Crippen MR) is 124 cm³/mol. The van der Waals surface area contributed by atoms with Gasteiger partial charge in [0.05, 0.1) is 11.0 Å². The third-order valence-corrected chi connectivity index (χ3v) is 9.12. The topological polar surface area (TPSA) is 52.7 Å². The molecule has 1 aliphatic heterocycles. The number of urea groups is 1. The fourth-order valence-electron chi connectivity index (χ4n) is 4.71. The molecule has 0 bridgehead atoms. The SMILES string of the molecule is CN(C(=O)NC1CCC(c2cc(Cl)cc(Cl)c2)CC1)C1CCN(S(=O)C2CC2)CC1. The highest BCUT2D eigenvalue weighted by molar-refractivity contribution is 7.83. The van der Waals surface area contributed by atoms with Crippen LogP contribution in [0.1, 0.15) is 62.8 Å². The highest BCUT2D eigenvalue weighted by Crippen LogP contribution is 2.35. The zero-order valence-corrected chi connectivity index (χ0v) is 19.8. The van der Waals surface area contributed by atoms with Crippen LogP contribution in [0.5, 0.6) is 0 Å². The average Bonchev–Trinajstić information content (AvgIpc) is 3.58. The summed E-state index contributed by atoms with van der Waals surface area (Å²) in [5.74, 6) is 0.448. The first kappa shape index (κ1) is 22.4. The Bertz CT molecular complexity index is 768. The molecule has 8 heteroatoms. The van der Waals surface area contributed by atoms with Crippen molar-refractivity contribution in [2.45, 2.75) is 74.6 Å². The average molecular weight is 472 g/mol. The molecular formula is C22H31Cl2N3O2S. The van der Waals surface area contributed by atoms with E-state index in [1.807, 2.05) is 24.1 Å². The Morgan fingerprint density at radius 3 is 2.17 bits per heavy atom. The van der Waals surface area contributed by atoms with Gasteiger partial charge in [-0.1, -0.05) is 23.2 Å². The van der Waals surface area contributed by atoms with Gasteiger partial charge in [0.15, 0.2) is 0 Å². The van der Waals surface area contributed by atoms with E-state index in [4.69, 9.17) is 23.2 Å². The lowest BCUT2D eigenvalue weighted by Gasteiger charge is -2.37. The minimum Gasteiger partial charge on any atom is -0.335 e. The van der Waals surface area contributed by atoms with Crippen LogP contribution in [0.25, 0.3) is 0 Å². The normalized spacial score (nSPS) is 26.9. The highest BCUT2D eigenvalue weighted by atomic mass is 35.5. The van der Waals surface area contributed by atoms with Gasteiger partial charge in [-0.15, -0.1) is 0 Å². The summed E-state index contributed by atoms with van der Waals surface area (Å²) in [6.45, 7) is 1.64. The Labute approximate surface area is 192 Å². The van der Waals surface area contributed by atoms with Crippen LogP contribution in [0.4, 0.5) is 4.79 Å². The molecule has 2 amide bonds. The van der Waals surface area contributed by atoms with Crippen molar-refractivity contribution in [1.82, 2.24) is 14.5 Å². The predicted octanol–water partition coefficient (Wildman–Crippen LogP) is 4.95. The van der Waals surface area contributed by atoms with Crippen LogP contribution in [0.15, 0.2) is 18.2 Å². The van der Waals surface area contributed by atoms with Crippen molar-refractivity contribution in [2.75, 3.05) is 20.1 Å². The summed E-state index contributed by atoms with van der Waals surface area (Å²) in [5.41, 5.74) is 1.20. The van der Waals surface area contributed by atoms with Crippen LogP contribution < -0.4 is 5.32 Å². The first-order valence-electron chi connectivity index (χ1n) is 11.1. The molecule has 2 aliphatic carbocycles. The number of hydrogen-bond donors (Lipinski definition) is 1. The minimum absolute atomic E-state index is 0.0195.